The highest BCUT2D eigenvalue weighted by Gasteiger charge is 2.37. The van der Waals surface area contributed by atoms with E-state index in [-0.39, 0.29) is 24.3 Å². The molecular formula is C24H20F6N4O. The predicted octanol–water partition coefficient (Wildman–Crippen LogP) is 6.28. The number of aliphatic hydroxyl groups is 1. The number of anilines is 2. The van der Waals surface area contributed by atoms with Crippen LogP contribution in [0.3, 0.4) is 0 Å². The predicted molar refractivity (Wildman–Crippen MR) is 120 cm³/mol. The minimum Gasteiger partial charge on any atom is -0.396 e. The van der Waals surface area contributed by atoms with Crippen molar-refractivity contribution in [2.45, 2.75) is 30.9 Å². The summed E-state index contributed by atoms with van der Waals surface area (Å²) < 4.78 is 79.3. The quantitative estimate of drug-likeness (QED) is 0.353. The maximum absolute atomic E-state index is 13.5. The first-order valence-electron chi connectivity index (χ1n) is 10.6. The Morgan fingerprint density at radius 3 is 2.34 bits per heavy atom. The summed E-state index contributed by atoms with van der Waals surface area (Å²) in [5, 5.41) is 15.5. The normalized spacial score (nSPS) is 17.6. The van der Waals surface area contributed by atoms with Crippen molar-refractivity contribution in [2.75, 3.05) is 17.2 Å². The minimum atomic E-state index is -4.59. The molecule has 184 valence electrons. The second-order valence-corrected chi connectivity index (χ2v) is 7.95. The van der Waals surface area contributed by atoms with Crippen LogP contribution in [0.25, 0.3) is 11.3 Å². The first-order valence-corrected chi connectivity index (χ1v) is 10.6. The summed E-state index contributed by atoms with van der Waals surface area (Å²) >= 11 is 0. The van der Waals surface area contributed by atoms with Gasteiger partial charge in [-0.25, -0.2) is 4.99 Å². The number of alkyl halides is 6. The van der Waals surface area contributed by atoms with E-state index >= 15 is 0 Å². The second-order valence-electron chi connectivity index (χ2n) is 7.95. The highest BCUT2D eigenvalue weighted by atomic mass is 19.4. The molecule has 35 heavy (non-hydrogen) atoms. The van der Waals surface area contributed by atoms with Gasteiger partial charge in [-0.3, -0.25) is 4.98 Å². The zero-order chi connectivity index (χ0) is 25.3. The van der Waals surface area contributed by atoms with Gasteiger partial charge in [0.1, 0.15) is 0 Å². The standard InChI is InChI=1S/C24H20F6N4O/c25-23(26,27)16-5-7-17(8-6-16)34-22(10-2-12-35)18-9-4-15(13-20(18)32-14-33-22)21-19(24(28,29)30)3-1-11-31-21/h1,3-9,11,13-14,34-35H,2,10,12H2,(H,32,33). The third kappa shape index (κ3) is 5.09. The van der Waals surface area contributed by atoms with Crippen LogP contribution in [0.1, 0.15) is 29.5 Å². The molecule has 0 radical (unpaired) electrons. The number of halogens is 6. The van der Waals surface area contributed by atoms with Crippen molar-refractivity contribution < 1.29 is 31.4 Å². The topological polar surface area (TPSA) is 69.5 Å². The number of hydrogen-bond acceptors (Lipinski definition) is 5. The van der Waals surface area contributed by atoms with Crippen molar-refractivity contribution in [3.05, 3.63) is 77.5 Å². The summed E-state index contributed by atoms with van der Waals surface area (Å²) in [5.41, 5.74) is -1.49. The molecule has 0 amide bonds. The van der Waals surface area contributed by atoms with Crippen LogP contribution in [0.15, 0.2) is 65.8 Å². The Hall–Kier alpha value is -3.60. The highest BCUT2D eigenvalue weighted by Crippen LogP contribution is 2.42. The van der Waals surface area contributed by atoms with E-state index < -0.39 is 29.1 Å². The largest absolute Gasteiger partial charge is 0.418 e. The molecule has 0 bridgehead atoms. The van der Waals surface area contributed by atoms with Gasteiger partial charge < -0.3 is 15.7 Å². The lowest BCUT2D eigenvalue weighted by Gasteiger charge is -2.36. The number of aromatic nitrogens is 1. The third-order valence-corrected chi connectivity index (χ3v) is 5.62. The third-order valence-electron chi connectivity index (χ3n) is 5.62. The van der Waals surface area contributed by atoms with Crippen LogP contribution < -0.4 is 10.6 Å². The van der Waals surface area contributed by atoms with Crippen LogP contribution >= 0.6 is 0 Å². The molecule has 0 saturated carbocycles. The maximum Gasteiger partial charge on any atom is 0.418 e. The molecule has 3 aromatic rings. The summed E-state index contributed by atoms with van der Waals surface area (Å²) in [6.45, 7) is -0.157. The Kier molecular flexibility index (Phi) is 6.46. The zero-order valence-corrected chi connectivity index (χ0v) is 18.1. The van der Waals surface area contributed by atoms with E-state index in [0.29, 0.717) is 23.4 Å². The Labute approximate surface area is 196 Å². The number of hydrogen-bond donors (Lipinski definition) is 3. The Bertz CT molecular complexity index is 1220. The molecule has 0 spiro atoms. The molecule has 1 aromatic heterocycles. The van der Waals surface area contributed by atoms with E-state index in [2.05, 4.69) is 20.6 Å². The van der Waals surface area contributed by atoms with Crippen LogP contribution in [0.5, 0.6) is 0 Å². The number of benzene rings is 2. The van der Waals surface area contributed by atoms with E-state index in [1.54, 1.807) is 6.07 Å². The van der Waals surface area contributed by atoms with Gasteiger partial charge in [0.15, 0.2) is 5.66 Å². The smallest absolute Gasteiger partial charge is 0.396 e. The Morgan fingerprint density at radius 2 is 1.69 bits per heavy atom. The molecule has 0 aliphatic carbocycles. The van der Waals surface area contributed by atoms with Crippen molar-refractivity contribution in [3.8, 4) is 11.3 Å². The summed E-state index contributed by atoms with van der Waals surface area (Å²) in [6.07, 6.45) is -5.86. The van der Waals surface area contributed by atoms with Crippen LogP contribution in [0.2, 0.25) is 0 Å². The van der Waals surface area contributed by atoms with Gasteiger partial charge in [-0.15, -0.1) is 0 Å². The van der Waals surface area contributed by atoms with E-state index in [1.165, 1.54) is 42.9 Å². The molecule has 3 N–H and O–H groups in total. The van der Waals surface area contributed by atoms with Gasteiger partial charge in [0, 0.05) is 35.3 Å². The van der Waals surface area contributed by atoms with Gasteiger partial charge >= 0.3 is 12.4 Å². The number of rotatable bonds is 6. The fourth-order valence-electron chi connectivity index (χ4n) is 3.99. The van der Waals surface area contributed by atoms with Gasteiger partial charge in [-0.1, -0.05) is 12.1 Å². The molecule has 5 nitrogen and oxygen atoms in total. The highest BCUT2D eigenvalue weighted by molar-refractivity contribution is 5.85. The van der Waals surface area contributed by atoms with E-state index in [4.69, 9.17) is 0 Å². The van der Waals surface area contributed by atoms with E-state index in [9.17, 15) is 31.4 Å². The molecule has 1 atom stereocenters. The van der Waals surface area contributed by atoms with Crippen LogP contribution in [0, 0.1) is 0 Å². The second kappa shape index (κ2) is 9.21. The molecule has 11 heteroatoms. The summed E-state index contributed by atoms with van der Waals surface area (Å²) in [7, 11) is 0. The van der Waals surface area contributed by atoms with Gasteiger partial charge in [-0.05, 0) is 55.3 Å². The summed E-state index contributed by atoms with van der Waals surface area (Å²) in [5.74, 6) is 0. The van der Waals surface area contributed by atoms with Crippen LogP contribution in [-0.2, 0) is 18.0 Å². The van der Waals surface area contributed by atoms with Gasteiger partial charge in [0.2, 0.25) is 0 Å². The van der Waals surface area contributed by atoms with Gasteiger partial charge in [0.05, 0.1) is 23.2 Å². The van der Waals surface area contributed by atoms with E-state index in [0.717, 1.165) is 18.2 Å². The fourth-order valence-corrected chi connectivity index (χ4v) is 3.99. The zero-order valence-electron chi connectivity index (χ0n) is 18.1. The number of nitrogens with one attached hydrogen (secondary N) is 2. The van der Waals surface area contributed by atoms with Crippen molar-refractivity contribution in [2.24, 2.45) is 4.99 Å². The monoisotopic (exact) mass is 494 g/mol. The molecular weight excluding hydrogens is 474 g/mol. The van der Waals surface area contributed by atoms with Crippen molar-refractivity contribution in [1.82, 2.24) is 4.98 Å². The van der Waals surface area contributed by atoms with Gasteiger partial charge in [-0.2, -0.15) is 26.3 Å². The minimum absolute atomic E-state index is 0.157. The van der Waals surface area contributed by atoms with Crippen LogP contribution in [-0.4, -0.2) is 23.0 Å². The van der Waals surface area contributed by atoms with E-state index in [1.807, 2.05) is 0 Å². The first kappa shape index (κ1) is 24.5. The van der Waals surface area contributed by atoms with Crippen molar-refractivity contribution >= 4 is 17.7 Å². The molecule has 1 aliphatic heterocycles. The maximum atomic E-state index is 13.5. The Morgan fingerprint density at radius 1 is 0.943 bits per heavy atom. The van der Waals surface area contributed by atoms with Crippen molar-refractivity contribution in [1.29, 1.82) is 0 Å². The number of nitrogens with zero attached hydrogens (tertiary/aromatic N) is 2. The summed E-state index contributed by atoms with van der Waals surface area (Å²) in [4.78, 5) is 8.41. The number of fused-ring (bicyclic) bond motifs is 1. The molecule has 1 aliphatic rings. The molecule has 1 unspecified atom stereocenters. The Balaban J connectivity index is 1.74. The lowest BCUT2D eigenvalue weighted by atomic mass is 9.89. The number of aliphatic hydroxyl groups excluding tert-OH is 1. The van der Waals surface area contributed by atoms with Crippen LogP contribution in [0.4, 0.5) is 37.7 Å². The molecule has 4 rings (SSSR count). The fraction of sp³-hybridized carbons (Fsp3) is 0.250. The lowest BCUT2D eigenvalue weighted by molar-refractivity contribution is -0.138. The van der Waals surface area contributed by atoms with Crippen molar-refractivity contribution in [3.63, 3.8) is 0 Å². The number of pyridine rings is 1. The molecule has 0 saturated heterocycles. The molecule has 2 aromatic carbocycles. The summed E-state index contributed by atoms with van der Waals surface area (Å²) in [6, 6.07) is 11.2. The number of aliphatic imine (C=N–C) groups is 1. The molecule has 0 fully saturated rings. The SMILES string of the molecule is OCCCC1(Nc2ccc(C(F)(F)F)cc2)N=CNc2cc(-c3ncccc3C(F)(F)F)ccc21. The average molecular weight is 494 g/mol. The average Bonchev–Trinajstić information content (AvgIpc) is 2.82. The lowest BCUT2D eigenvalue weighted by Crippen LogP contribution is -2.37. The van der Waals surface area contributed by atoms with Gasteiger partial charge in [0.25, 0.3) is 0 Å². The molecule has 2 heterocycles. The first-order chi connectivity index (χ1) is 16.5.